The van der Waals surface area contributed by atoms with E-state index >= 15 is 0 Å². The fraction of sp³-hybridized carbons (Fsp3) is 0.667. The number of piperazine rings is 1. The Morgan fingerprint density at radius 2 is 2.10 bits per heavy atom. The van der Waals surface area contributed by atoms with E-state index in [9.17, 15) is 9.59 Å². The lowest BCUT2D eigenvalue weighted by Crippen LogP contribution is -2.64. The zero-order chi connectivity index (χ0) is 15.6. The van der Waals surface area contributed by atoms with Crippen molar-refractivity contribution in [3.63, 3.8) is 0 Å². The van der Waals surface area contributed by atoms with Crippen LogP contribution in [0.3, 0.4) is 0 Å². The molecule has 0 aromatic carbocycles. The van der Waals surface area contributed by atoms with Crippen molar-refractivity contribution in [3.8, 4) is 0 Å². The van der Waals surface area contributed by atoms with Crippen molar-refractivity contribution in [1.29, 1.82) is 0 Å². The molecule has 1 aliphatic rings. The molecule has 2 amide bonds. The van der Waals surface area contributed by atoms with Gasteiger partial charge in [-0.05, 0) is 18.4 Å². The van der Waals surface area contributed by atoms with Crippen LogP contribution in [0.5, 0.6) is 0 Å². The van der Waals surface area contributed by atoms with E-state index in [0.29, 0.717) is 19.4 Å². The number of nitrogens with zero attached hydrogens (tertiary/aromatic N) is 3. The van der Waals surface area contributed by atoms with E-state index in [1.54, 1.807) is 15.8 Å². The van der Waals surface area contributed by atoms with Gasteiger partial charge in [0.1, 0.15) is 12.1 Å². The second kappa shape index (κ2) is 6.28. The van der Waals surface area contributed by atoms with E-state index in [0.717, 1.165) is 5.69 Å². The predicted molar refractivity (Wildman–Crippen MR) is 79.5 cm³/mol. The van der Waals surface area contributed by atoms with Gasteiger partial charge in [0, 0.05) is 31.9 Å². The molecule has 21 heavy (non-hydrogen) atoms. The van der Waals surface area contributed by atoms with Gasteiger partial charge >= 0.3 is 0 Å². The normalized spacial score (nSPS) is 22.8. The first-order valence-electron chi connectivity index (χ1n) is 7.53. The summed E-state index contributed by atoms with van der Waals surface area (Å²) in [6, 6.07) is 1.17. The average molecular weight is 292 g/mol. The summed E-state index contributed by atoms with van der Waals surface area (Å²) in [7, 11) is 1.88. The van der Waals surface area contributed by atoms with Crippen molar-refractivity contribution in [2.45, 2.75) is 45.7 Å². The maximum atomic E-state index is 12.6. The number of hydrogen-bond donors (Lipinski definition) is 1. The largest absolute Gasteiger partial charge is 0.342 e. The number of rotatable bonds is 5. The lowest BCUT2D eigenvalue weighted by atomic mass is 9.96. The van der Waals surface area contributed by atoms with Gasteiger partial charge in [-0.3, -0.25) is 14.3 Å². The molecular formula is C15H24N4O2. The smallest absolute Gasteiger partial charge is 0.246 e. The van der Waals surface area contributed by atoms with Crippen LogP contribution in [0, 0.1) is 5.92 Å². The molecule has 0 radical (unpaired) electrons. The van der Waals surface area contributed by atoms with Crippen molar-refractivity contribution in [2.24, 2.45) is 13.0 Å². The average Bonchev–Trinajstić information content (AvgIpc) is 2.84. The second-order valence-electron chi connectivity index (χ2n) is 5.88. The fourth-order valence-corrected chi connectivity index (χ4v) is 2.79. The van der Waals surface area contributed by atoms with Crippen molar-refractivity contribution in [1.82, 2.24) is 20.0 Å². The predicted octanol–water partition coefficient (Wildman–Crippen LogP) is 0.724. The summed E-state index contributed by atoms with van der Waals surface area (Å²) in [4.78, 5) is 26.5. The molecule has 2 rings (SSSR count). The number of amides is 2. The molecule has 116 valence electrons. The van der Waals surface area contributed by atoms with Crippen LogP contribution in [0.2, 0.25) is 0 Å². The van der Waals surface area contributed by atoms with Gasteiger partial charge in [-0.25, -0.2) is 0 Å². The summed E-state index contributed by atoms with van der Waals surface area (Å²) in [5, 5.41) is 6.98. The minimum Gasteiger partial charge on any atom is -0.342 e. The summed E-state index contributed by atoms with van der Waals surface area (Å²) >= 11 is 0. The highest BCUT2D eigenvalue weighted by Crippen LogP contribution is 2.18. The Labute approximate surface area is 125 Å². The van der Waals surface area contributed by atoms with Crippen LogP contribution >= 0.6 is 0 Å². The third-order valence-corrected chi connectivity index (χ3v) is 4.11. The number of hydrogen-bond acceptors (Lipinski definition) is 3. The van der Waals surface area contributed by atoms with Crippen LogP contribution in [0.1, 0.15) is 32.9 Å². The van der Waals surface area contributed by atoms with E-state index in [2.05, 4.69) is 10.4 Å². The molecule has 6 heteroatoms. The zero-order valence-electron chi connectivity index (χ0n) is 13.2. The zero-order valence-corrected chi connectivity index (χ0v) is 13.2. The molecule has 6 nitrogen and oxygen atoms in total. The topological polar surface area (TPSA) is 67.2 Å². The number of carbonyl (C=O) groups is 2. The number of aromatic nitrogens is 2. The van der Waals surface area contributed by atoms with Crippen LogP contribution in [0.15, 0.2) is 12.3 Å². The van der Waals surface area contributed by atoms with E-state index in [4.69, 9.17) is 0 Å². The third kappa shape index (κ3) is 3.09. The Bertz CT molecular complexity index is 523. The Hall–Kier alpha value is -1.85. The van der Waals surface area contributed by atoms with Crippen LogP contribution in [0.4, 0.5) is 0 Å². The molecule has 1 saturated heterocycles. The Balaban J connectivity index is 2.14. The first kappa shape index (κ1) is 15.5. The van der Waals surface area contributed by atoms with Crippen molar-refractivity contribution >= 4 is 11.8 Å². The molecule has 0 saturated carbocycles. The molecule has 2 unspecified atom stereocenters. The highest BCUT2D eigenvalue weighted by atomic mass is 16.2. The molecule has 1 aromatic rings. The van der Waals surface area contributed by atoms with Crippen molar-refractivity contribution in [3.05, 3.63) is 18.0 Å². The molecule has 0 spiro atoms. The summed E-state index contributed by atoms with van der Waals surface area (Å²) in [5.41, 5.74) is 1.06. The van der Waals surface area contributed by atoms with Gasteiger partial charge in [0.05, 0.1) is 0 Å². The maximum absolute atomic E-state index is 12.6. The standard InChI is InChI=1S/C15H24N4O2/c1-5-12-14(20)17-13(10(2)3)15(21)19(12)9-7-11-6-8-16-18(11)4/h6,8,10,12-13H,5,7,9H2,1-4H3,(H,17,20). The molecule has 2 heterocycles. The molecule has 1 N–H and O–H groups in total. The summed E-state index contributed by atoms with van der Waals surface area (Å²) in [6.45, 7) is 6.39. The van der Waals surface area contributed by atoms with E-state index in [1.165, 1.54) is 0 Å². The Kier molecular flexibility index (Phi) is 4.65. The molecule has 0 bridgehead atoms. The van der Waals surface area contributed by atoms with Crippen LogP contribution in [0.25, 0.3) is 0 Å². The Morgan fingerprint density at radius 3 is 2.62 bits per heavy atom. The van der Waals surface area contributed by atoms with Gasteiger partial charge in [0.2, 0.25) is 11.8 Å². The van der Waals surface area contributed by atoms with Gasteiger partial charge in [-0.2, -0.15) is 5.10 Å². The Morgan fingerprint density at radius 1 is 1.38 bits per heavy atom. The highest BCUT2D eigenvalue weighted by molar-refractivity contribution is 5.97. The molecule has 1 fully saturated rings. The molecule has 1 aromatic heterocycles. The first-order chi connectivity index (χ1) is 9.95. The van der Waals surface area contributed by atoms with Gasteiger partial charge in [-0.15, -0.1) is 0 Å². The SMILES string of the molecule is CCC1C(=O)NC(C(C)C)C(=O)N1CCc1ccnn1C. The quantitative estimate of drug-likeness (QED) is 0.870. The van der Waals surface area contributed by atoms with Gasteiger partial charge in [-0.1, -0.05) is 20.8 Å². The van der Waals surface area contributed by atoms with Crippen molar-refractivity contribution in [2.75, 3.05) is 6.54 Å². The molecule has 0 aliphatic carbocycles. The lowest BCUT2D eigenvalue weighted by molar-refractivity contribution is -0.150. The summed E-state index contributed by atoms with van der Waals surface area (Å²) in [6.07, 6.45) is 3.08. The second-order valence-corrected chi connectivity index (χ2v) is 5.88. The minimum atomic E-state index is -0.410. The first-order valence-corrected chi connectivity index (χ1v) is 7.53. The summed E-state index contributed by atoms with van der Waals surface area (Å²) in [5.74, 6) is 0.0814. The summed E-state index contributed by atoms with van der Waals surface area (Å²) < 4.78 is 1.80. The van der Waals surface area contributed by atoms with E-state index in [-0.39, 0.29) is 23.8 Å². The van der Waals surface area contributed by atoms with Crippen LogP contribution in [-0.2, 0) is 23.1 Å². The number of carbonyl (C=O) groups excluding carboxylic acids is 2. The highest BCUT2D eigenvalue weighted by Gasteiger charge is 2.40. The number of aryl methyl sites for hydroxylation is 1. The minimum absolute atomic E-state index is 0.0265. The van der Waals surface area contributed by atoms with Crippen LogP contribution in [-0.4, -0.2) is 45.1 Å². The maximum Gasteiger partial charge on any atom is 0.246 e. The van der Waals surface area contributed by atoms with E-state index in [1.807, 2.05) is 33.9 Å². The van der Waals surface area contributed by atoms with Gasteiger partial charge in [0.15, 0.2) is 0 Å². The van der Waals surface area contributed by atoms with Gasteiger partial charge < -0.3 is 10.2 Å². The van der Waals surface area contributed by atoms with Gasteiger partial charge in [0.25, 0.3) is 0 Å². The number of nitrogens with one attached hydrogen (secondary N) is 1. The molecule has 2 atom stereocenters. The molecule has 1 aliphatic heterocycles. The van der Waals surface area contributed by atoms with Crippen molar-refractivity contribution < 1.29 is 9.59 Å². The molecular weight excluding hydrogens is 268 g/mol. The monoisotopic (exact) mass is 292 g/mol. The third-order valence-electron chi connectivity index (χ3n) is 4.11. The van der Waals surface area contributed by atoms with Crippen LogP contribution < -0.4 is 5.32 Å². The van der Waals surface area contributed by atoms with E-state index < -0.39 is 6.04 Å². The fourth-order valence-electron chi connectivity index (χ4n) is 2.79. The lowest BCUT2D eigenvalue weighted by Gasteiger charge is -2.40.